The Hall–Kier alpha value is -3.32. The van der Waals surface area contributed by atoms with E-state index in [2.05, 4.69) is 37.1 Å². The van der Waals surface area contributed by atoms with Crippen LogP contribution >= 0.6 is 11.6 Å². The fraction of sp³-hybridized carbons (Fsp3) is 0.469. The number of rotatable bonds is 8. The number of carbonyl (C=O) groups excluding carboxylic acids is 2. The number of hydrogen-bond acceptors (Lipinski definition) is 4. The number of aromatic nitrogens is 2. The van der Waals surface area contributed by atoms with Gasteiger partial charge in [-0.2, -0.15) is 5.10 Å². The van der Waals surface area contributed by atoms with Gasteiger partial charge in [-0.15, -0.1) is 0 Å². The van der Waals surface area contributed by atoms with Gasteiger partial charge in [-0.05, 0) is 67.5 Å². The highest BCUT2D eigenvalue weighted by atomic mass is 35.5. The summed E-state index contributed by atoms with van der Waals surface area (Å²) < 4.78 is 8.05. The van der Waals surface area contributed by atoms with E-state index >= 15 is 0 Å². The number of nitrogens with zero attached hydrogens (tertiary/aromatic N) is 4. The smallest absolute Gasteiger partial charge is 0.272 e. The van der Waals surface area contributed by atoms with Crippen LogP contribution in [0.15, 0.2) is 54.6 Å². The van der Waals surface area contributed by atoms with Crippen molar-refractivity contribution in [1.82, 2.24) is 19.6 Å². The molecule has 2 aliphatic rings. The van der Waals surface area contributed by atoms with Gasteiger partial charge in [0.25, 0.3) is 5.91 Å². The molecule has 0 aliphatic carbocycles. The van der Waals surface area contributed by atoms with E-state index in [0.29, 0.717) is 68.5 Å². The van der Waals surface area contributed by atoms with Gasteiger partial charge in [0.05, 0.1) is 12.3 Å². The predicted octanol–water partition coefficient (Wildman–Crippen LogP) is 5.96. The van der Waals surface area contributed by atoms with E-state index < -0.39 is 0 Å². The zero-order chi connectivity index (χ0) is 28.3. The van der Waals surface area contributed by atoms with Crippen molar-refractivity contribution >= 4 is 23.4 Å². The highest BCUT2D eigenvalue weighted by Crippen LogP contribution is 2.38. The van der Waals surface area contributed by atoms with Gasteiger partial charge in [-0.1, -0.05) is 55.8 Å². The van der Waals surface area contributed by atoms with E-state index in [9.17, 15) is 9.59 Å². The number of aryl methyl sites for hydroxylation is 1. The Bertz CT molecular complexity index is 1360. The topological polar surface area (TPSA) is 67.7 Å². The lowest BCUT2D eigenvalue weighted by Gasteiger charge is -2.42. The number of benzene rings is 2. The second-order valence-corrected chi connectivity index (χ2v) is 11.9. The van der Waals surface area contributed by atoms with Gasteiger partial charge < -0.3 is 14.5 Å². The highest BCUT2D eigenvalue weighted by molar-refractivity contribution is 6.30. The van der Waals surface area contributed by atoms with Crippen molar-refractivity contribution in [2.45, 2.75) is 65.5 Å². The average Bonchev–Trinajstić information content (AvgIpc) is 3.41. The van der Waals surface area contributed by atoms with Crippen LogP contribution in [0.25, 0.3) is 0 Å². The van der Waals surface area contributed by atoms with E-state index in [1.54, 1.807) is 10.7 Å². The van der Waals surface area contributed by atoms with Crippen LogP contribution in [-0.2, 0) is 24.3 Å². The van der Waals surface area contributed by atoms with E-state index in [4.69, 9.17) is 16.3 Å². The summed E-state index contributed by atoms with van der Waals surface area (Å²) in [5.41, 5.74) is 3.74. The molecule has 212 valence electrons. The first-order valence-corrected chi connectivity index (χ1v) is 14.7. The number of fused-ring (bicyclic) bond motifs is 1. The third kappa shape index (κ3) is 6.20. The van der Waals surface area contributed by atoms with Crippen LogP contribution in [0.3, 0.4) is 0 Å². The van der Waals surface area contributed by atoms with Crippen molar-refractivity contribution in [3.8, 4) is 5.75 Å². The van der Waals surface area contributed by atoms with Crippen molar-refractivity contribution in [2.75, 3.05) is 26.2 Å². The summed E-state index contributed by atoms with van der Waals surface area (Å²) in [6.07, 6.45) is 2.64. The van der Waals surface area contributed by atoms with Crippen molar-refractivity contribution < 1.29 is 14.3 Å². The van der Waals surface area contributed by atoms with Crippen LogP contribution in [-0.4, -0.2) is 57.6 Å². The molecule has 5 rings (SSSR count). The number of piperidine rings is 1. The molecular weight excluding hydrogens is 524 g/mol. The minimum Gasteiger partial charge on any atom is -0.493 e. The van der Waals surface area contributed by atoms with Gasteiger partial charge >= 0.3 is 0 Å². The summed E-state index contributed by atoms with van der Waals surface area (Å²) >= 11 is 6.19. The minimum absolute atomic E-state index is 0.00423. The van der Waals surface area contributed by atoms with Crippen molar-refractivity contribution in [2.24, 2.45) is 5.41 Å². The van der Waals surface area contributed by atoms with Gasteiger partial charge in [-0.3, -0.25) is 14.3 Å². The van der Waals surface area contributed by atoms with Gasteiger partial charge in [0.15, 0.2) is 0 Å². The standard InChI is InChI=1S/C32H39ClN4O3/c1-4-37-29(19-28(34-37)23(2)3)31(39)35-16-13-32(14-17-35,22-40-27-11-7-10-26(33)18-27)20-30(38)36-15-12-24-8-5-6-9-25(24)21-36/h5-11,18-19,23H,4,12-17,20-22H2,1-3H3. The van der Waals surface area contributed by atoms with Gasteiger partial charge in [0, 0.05) is 49.6 Å². The number of ether oxygens (including phenoxy) is 1. The average molecular weight is 563 g/mol. The van der Waals surface area contributed by atoms with E-state index in [0.717, 1.165) is 18.7 Å². The second-order valence-electron chi connectivity index (χ2n) is 11.5. The molecular formula is C32H39ClN4O3. The summed E-state index contributed by atoms with van der Waals surface area (Å²) in [6, 6.07) is 17.7. The molecule has 0 atom stereocenters. The molecule has 1 fully saturated rings. The van der Waals surface area contributed by atoms with Crippen LogP contribution in [0.2, 0.25) is 5.02 Å². The normalized spacial score (nSPS) is 16.6. The zero-order valence-electron chi connectivity index (χ0n) is 23.7. The van der Waals surface area contributed by atoms with Crippen molar-refractivity contribution in [3.05, 3.63) is 82.1 Å². The Morgan fingerprint density at radius 1 is 1.00 bits per heavy atom. The molecule has 0 spiro atoms. The lowest BCUT2D eigenvalue weighted by Crippen LogP contribution is -2.48. The maximum Gasteiger partial charge on any atom is 0.272 e. The number of likely N-dealkylation sites (tertiary alicyclic amines) is 1. The molecule has 7 nitrogen and oxygen atoms in total. The Labute approximate surface area is 242 Å². The molecule has 0 saturated carbocycles. The molecule has 0 bridgehead atoms. The van der Waals surface area contributed by atoms with Crippen LogP contribution in [0.1, 0.15) is 73.3 Å². The molecule has 1 saturated heterocycles. The number of carbonyl (C=O) groups is 2. The van der Waals surface area contributed by atoms with Gasteiger partial charge in [0.1, 0.15) is 11.4 Å². The quantitative estimate of drug-likeness (QED) is 0.340. The summed E-state index contributed by atoms with van der Waals surface area (Å²) in [5, 5.41) is 5.25. The van der Waals surface area contributed by atoms with E-state index in [-0.39, 0.29) is 23.1 Å². The number of hydrogen-bond donors (Lipinski definition) is 0. The van der Waals surface area contributed by atoms with Crippen LogP contribution in [0.5, 0.6) is 5.75 Å². The SMILES string of the molecule is CCn1nc(C(C)C)cc1C(=O)N1CCC(COc2cccc(Cl)c2)(CC(=O)N2CCc3ccccc3C2)CC1. The highest BCUT2D eigenvalue weighted by Gasteiger charge is 2.40. The fourth-order valence-electron chi connectivity index (χ4n) is 5.78. The maximum atomic E-state index is 13.7. The first kappa shape index (κ1) is 28.2. The maximum absolute atomic E-state index is 13.7. The number of amides is 2. The molecule has 2 aromatic carbocycles. The molecule has 3 aromatic rings. The second kappa shape index (κ2) is 12.0. The molecule has 2 amide bonds. The summed E-state index contributed by atoms with van der Waals surface area (Å²) in [4.78, 5) is 31.2. The summed E-state index contributed by atoms with van der Waals surface area (Å²) in [7, 11) is 0. The van der Waals surface area contributed by atoms with Crippen molar-refractivity contribution in [3.63, 3.8) is 0 Å². The molecule has 2 aliphatic heterocycles. The molecule has 40 heavy (non-hydrogen) atoms. The predicted molar refractivity (Wildman–Crippen MR) is 157 cm³/mol. The molecule has 8 heteroatoms. The monoisotopic (exact) mass is 562 g/mol. The molecule has 0 N–H and O–H groups in total. The molecule has 0 radical (unpaired) electrons. The Kier molecular flexibility index (Phi) is 8.50. The van der Waals surface area contributed by atoms with Crippen molar-refractivity contribution in [1.29, 1.82) is 0 Å². The van der Waals surface area contributed by atoms with Crippen LogP contribution in [0, 0.1) is 5.41 Å². The first-order chi connectivity index (χ1) is 19.3. The summed E-state index contributed by atoms with van der Waals surface area (Å²) in [6.45, 7) is 9.73. The van der Waals surface area contributed by atoms with E-state index in [1.165, 1.54) is 11.1 Å². The van der Waals surface area contributed by atoms with Gasteiger partial charge in [0.2, 0.25) is 5.91 Å². The van der Waals surface area contributed by atoms with Gasteiger partial charge in [-0.25, -0.2) is 0 Å². The Balaban J connectivity index is 1.31. The van der Waals surface area contributed by atoms with E-state index in [1.807, 2.05) is 47.1 Å². The van der Waals surface area contributed by atoms with Crippen LogP contribution in [0.4, 0.5) is 0 Å². The third-order valence-corrected chi connectivity index (χ3v) is 8.61. The summed E-state index contributed by atoms with van der Waals surface area (Å²) in [5.74, 6) is 1.10. The minimum atomic E-state index is -0.374. The fourth-order valence-corrected chi connectivity index (χ4v) is 5.97. The zero-order valence-corrected chi connectivity index (χ0v) is 24.5. The lowest BCUT2D eigenvalue weighted by atomic mass is 9.75. The lowest BCUT2D eigenvalue weighted by molar-refractivity contribution is -0.136. The first-order valence-electron chi connectivity index (χ1n) is 14.4. The Morgan fingerprint density at radius 3 is 2.45 bits per heavy atom. The van der Waals surface area contributed by atoms with Crippen LogP contribution < -0.4 is 4.74 Å². The molecule has 0 unspecified atom stereocenters. The number of halogens is 1. The Morgan fingerprint density at radius 2 is 1.75 bits per heavy atom. The third-order valence-electron chi connectivity index (χ3n) is 8.37. The molecule has 1 aromatic heterocycles. The largest absolute Gasteiger partial charge is 0.493 e. The molecule has 3 heterocycles.